The zero-order valence-corrected chi connectivity index (χ0v) is 18.3. The standard InChI is InChI=1S/C23H37N3O3/c1-4-16-29-20-8-12-23(5-2,13-9-20)25-14-10-19(11-15-25)24-21-17-18(3)6-7-22(21)26(27)28/h6-7,17,19-20,24H,4-5,8-16H2,1-3H3. The Hall–Kier alpha value is -1.66. The second kappa shape index (κ2) is 9.90. The number of piperidine rings is 1. The van der Waals surface area contributed by atoms with E-state index in [0.717, 1.165) is 44.5 Å². The van der Waals surface area contributed by atoms with Crippen LogP contribution in [0.2, 0.25) is 0 Å². The van der Waals surface area contributed by atoms with Gasteiger partial charge in [-0.25, -0.2) is 0 Å². The molecule has 3 rings (SSSR count). The molecule has 1 aliphatic heterocycles. The summed E-state index contributed by atoms with van der Waals surface area (Å²) in [6.07, 6.45) is 9.56. The molecule has 0 aromatic heterocycles. The molecule has 0 unspecified atom stereocenters. The molecule has 1 aromatic carbocycles. The second-order valence-electron chi connectivity index (χ2n) is 8.83. The zero-order valence-electron chi connectivity index (χ0n) is 18.3. The lowest BCUT2D eigenvalue weighted by atomic mass is 9.76. The molecule has 1 heterocycles. The highest BCUT2D eigenvalue weighted by atomic mass is 16.6. The van der Waals surface area contributed by atoms with Crippen LogP contribution < -0.4 is 5.32 Å². The minimum absolute atomic E-state index is 0.174. The normalized spacial score (nSPS) is 26.4. The number of nitrogens with one attached hydrogen (secondary N) is 1. The Bertz CT molecular complexity index is 678. The number of nitro groups is 1. The average Bonchev–Trinajstić information content (AvgIpc) is 2.73. The molecule has 2 aliphatic rings. The minimum atomic E-state index is -0.290. The highest BCUT2D eigenvalue weighted by Gasteiger charge is 2.40. The van der Waals surface area contributed by atoms with Crippen molar-refractivity contribution >= 4 is 11.4 Å². The fraction of sp³-hybridized carbons (Fsp3) is 0.739. The number of nitrogens with zero attached hydrogens (tertiary/aromatic N) is 2. The van der Waals surface area contributed by atoms with Crippen LogP contribution in [0.1, 0.15) is 70.8 Å². The lowest BCUT2D eigenvalue weighted by molar-refractivity contribution is -0.384. The Morgan fingerprint density at radius 3 is 2.48 bits per heavy atom. The second-order valence-corrected chi connectivity index (χ2v) is 8.83. The van der Waals surface area contributed by atoms with Gasteiger partial charge in [0.2, 0.25) is 0 Å². The van der Waals surface area contributed by atoms with Crippen LogP contribution in [0, 0.1) is 17.0 Å². The van der Waals surface area contributed by atoms with Gasteiger partial charge >= 0.3 is 0 Å². The van der Waals surface area contributed by atoms with E-state index in [-0.39, 0.29) is 10.6 Å². The molecule has 1 aliphatic carbocycles. The van der Waals surface area contributed by atoms with Gasteiger partial charge in [-0.1, -0.05) is 19.9 Å². The summed E-state index contributed by atoms with van der Waals surface area (Å²) in [4.78, 5) is 13.8. The molecule has 0 spiro atoms. The van der Waals surface area contributed by atoms with Gasteiger partial charge < -0.3 is 10.1 Å². The average molecular weight is 404 g/mol. The quantitative estimate of drug-likeness (QED) is 0.471. The summed E-state index contributed by atoms with van der Waals surface area (Å²) in [5, 5.41) is 14.8. The fourth-order valence-electron chi connectivity index (χ4n) is 5.12. The first kappa shape index (κ1) is 22.0. The van der Waals surface area contributed by atoms with Crippen LogP contribution in [0.15, 0.2) is 18.2 Å². The van der Waals surface area contributed by atoms with Gasteiger partial charge in [-0.05, 0) is 69.9 Å². The van der Waals surface area contributed by atoms with Crippen LogP contribution in [0.3, 0.4) is 0 Å². The van der Waals surface area contributed by atoms with Gasteiger partial charge in [0, 0.05) is 37.3 Å². The molecule has 6 heteroatoms. The predicted octanol–water partition coefficient (Wildman–Crippen LogP) is 5.30. The molecule has 0 bridgehead atoms. The number of rotatable bonds is 8. The summed E-state index contributed by atoms with van der Waals surface area (Å²) in [6.45, 7) is 9.47. The fourth-order valence-corrected chi connectivity index (χ4v) is 5.12. The maximum Gasteiger partial charge on any atom is 0.292 e. The zero-order chi connectivity index (χ0) is 20.9. The molecular weight excluding hydrogens is 366 g/mol. The van der Waals surface area contributed by atoms with Crippen molar-refractivity contribution in [3.63, 3.8) is 0 Å². The van der Waals surface area contributed by atoms with Crippen molar-refractivity contribution in [3.8, 4) is 0 Å². The third-order valence-electron chi connectivity index (χ3n) is 6.95. The van der Waals surface area contributed by atoms with E-state index in [1.54, 1.807) is 12.1 Å². The van der Waals surface area contributed by atoms with E-state index in [9.17, 15) is 10.1 Å². The number of ether oxygens (including phenoxy) is 1. The summed E-state index contributed by atoms with van der Waals surface area (Å²) in [7, 11) is 0. The Morgan fingerprint density at radius 2 is 1.90 bits per heavy atom. The molecule has 29 heavy (non-hydrogen) atoms. The smallest absolute Gasteiger partial charge is 0.292 e. The molecule has 1 aromatic rings. The number of nitro benzene ring substituents is 1. The van der Waals surface area contributed by atoms with Crippen LogP contribution in [-0.4, -0.2) is 47.2 Å². The van der Waals surface area contributed by atoms with Crippen molar-refractivity contribution in [1.29, 1.82) is 0 Å². The van der Waals surface area contributed by atoms with E-state index in [0.29, 0.717) is 23.4 Å². The van der Waals surface area contributed by atoms with Gasteiger partial charge in [0.1, 0.15) is 5.69 Å². The maximum atomic E-state index is 11.4. The van der Waals surface area contributed by atoms with Gasteiger partial charge in [0.05, 0.1) is 11.0 Å². The van der Waals surface area contributed by atoms with Gasteiger partial charge in [-0.15, -0.1) is 0 Å². The Balaban J connectivity index is 1.56. The van der Waals surface area contributed by atoms with Crippen LogP contribution in [0.4, 0.5) is 11.4 Å². The third-order valence-corrected chi connectivity index (χ3v) is 6.95. The van der Waals surface area contributed by atoms with E-state index >= 15 is 0 Å². The van der Waals surface area contributed by atoms with Gasteiger partial charge in [-0.3, -0.25) is 15.0 Å². The Morgan fingerprint density at radius 1 is 1.21 bits per heavy atom. The molecule has 1 saturated carbocycles. The largest absolute Gasteiger partial charge is 0.378 e. The first-order valence-electron chi connectivity index (χ1n) is 11.4. The van der Waals surface area contributed by atoms with Gasteiger partial charge in [0.25, 0.3) is 5.69 Å². The topological polar surface area (TPSA) is 67.6 Å². The van der Waals surface area contributed by atoms with E-state index in [4.69, 9.17) is 4.74 Å². The van der Waals surface area contributed by atoms with Crippen LogP contribution in [0.5, 0.6) is 0 Å². The van der Waals surface area contributed by atoms with Crippen LogP contribution in [0.25, 0.3) is 0 Å². The monoisotopic (exact) mass is 403 g/mol. The third kappa shape index (κ3) is 5.28. The first-order valence-corrected chi connectivity index (χ1v) is 11.4. The predicted molar refractivity (Wildman–Crippen MR) is 118 cm³/mol. The Labute approximate surface area is 175 Å². The Kier molecular flexibility index (Phi) is 7.52. The van der Waals surface area contributed by atoms with Crippen molar-refractivity contribution in [1.82, 2.24) is 4.90 Å². The molecule has 1 saturated heterocycles. The van der Waals surface area contributed by atoms with Gasteiger partial charge in [-0.2, -0.15) is 0 Å². The van der Waals surface area contributed by atoms with E-state index in [1.165, 1.54) is 32.1 Å². The number of likely N-dealkylation sites (tertiary alicyclic amines) is 1. The minimum Gasteiger partial charge on any atom is -0.378 e. The number of hydrogen-bond acceptors (Lipinski definition) is 5. The van der Waals surface area contributed by atoms with Crippen molar-refractivity contribution in [2.45, 2.75) is 89.8 Å². The van der Waals surface area contributed by atoms with Gasteiger partial charge in [0.15, 0.2) is 0 Å². The van der Waals surface area contributed by atoms with Crippen LogP contribution >= 0.6 is 0 Å². The lowest BCUT2D eigenvalue weighted by Crippen LogP contribution is -2.55. The van der Waals surface area contributed by atoms with E-state index in [2.05, 4.69) is 24.1 Å². The molecule has 0 radical (unpaired) electrons. The number of anilines is 1. The summed E-state index contributed by atoms with van der Waals surface area (Å²) >= 11 is 0. The van der Waals surface area contributed by atoms with E-state index in [1.807, 2.05) is 13.0 Å². The molecule has 0 atom stereocenters. The molecule has 6 nitrogen and oxygen atoms in total. The van der Waals surface area contributed by atoms with Crippen LogP contribution in [-0.2, 0) is 4.74 Å². The SMILES string of the molecule is CCCOC1CCC(CC)(N2CCC(Nc3cc(C)ccc3[N+](=O)[O-])CC2)CC1. The first-order chi connectivity index (χ1) is 14.0. The van der Waals surface area contributed by atoms with Crippen molar-refractivity contribution < 1.29 is 9.66 Å². The van der Waals surface area contributed by atoms with Crippen molar-refractivity contribution in [2.24, 2.45) is 0 Å². The number of aryl methyl sites for hydroxylation is 1. The molecule has 162 valence electrons. The van der Waals surface area contributed by atoms with E-state index < -0.39 is 0 Å². The highest BCUT2D eigenvalue weighted by Crippen LogP contribution is 2.39. The molecular formula is C23H37N3O3. The summed E-state index contributed by atoms with van der Waals surface area (Å²) < 4.78 is 6.00. The molecule has 0 amide bonds. The van der Waals surface area contributed by atoms with Crippen molar-refractivity contribution in [3.05, 3.63) is 33.9 Å². The number of hydrogen-bond donors (Lipinski definition) is 1. The summed E-state index contributed by atoms with van der Waals surface area (Å²) in [6, 6.07) is 5.61. The maximum absolute atomic E-state index is 11.4. The van der Waals surface area contributed by atoms with Crippen molar-refractivity contribution in [2.75, 3.05) is 25.0 Å². The number of benzene rings is 1. The summed E-state index contributed by atoms with van der Waals surface area (Å²) in [5.41, 5.74) is 2.19. The molecule has 2 fully saturated rings. The molecule has 1 N–H and O–H groups in total. The summed E-state index contributed by atoms with van der Waals surface area (Å²) in [5.74, 6) is 0. The lowest BCUT2D eigenvalue weighted by Gasteiger charge is -2.50. The highest BCUT2D eigenvalue weighted by molar-refractivity contribution is 5.63.